The van der Waals surface area contributed by atoms with Crippen LogP contribution in [-0.4, -0.2) is 29.0 Å². The molecule has 1 aliphatic rings. The van der Waals surface area contributed by atoms with Gasteiger partial charge in [-0.15, -0.1) is 11.3 Å². The minimum Gasteiger partial charge on any atom is -0.309 e. The van der Waals surface area contributed by atoms with Crippen LogP contribution in [0.15, 0.2) is 5.38 Å². The number of hydrogen-bond acceptors (Lipinski definition) is 4. The molecule has 3 nitrogen and oxygen atoms in total. The van der Waals surface area contributed by atoms with Crippen LogP contribution in [0.3, 0.4) is 0 Å². The molecule has 1 aromatic heterocycles. The van der Waals surface area contributed by atoms with Gasteiger partial charge in [0.25, 0.3) is 0 Å². The van der Waals surface area contributed by atoms with E-state index in [0.29, 0.717) is 6.04 Å². The Hall–Kier alpha value is -0.450. The second kappa shape index (κ2) is 7.98. The average molecular weight is 281 g/mol. The molecule has 0 amide bonds. The fourth-order valence-corrected chi connectivity index (χ4v) is 3.25. The first kappa shape index (κ1) is 14.9. The van der Waals surface area contributed by atoms with Gasteiger partial charge >= 0.3 is 0 Å². The van der Waals surface area contributed by atoms with E-state index in [4.69, 9.17) is 4.98 Å². The van der Waals surface area contributed by atoms with Crippen molar-refractivity contribution in [2.24, 2.45) is 0 Å². The lowest BCUT2D eigenvalue weighted by Crippen LogP contribution is -2.25. The van der Waals surface area contributed by atoms with Gasteiger partial charge < -0.3 is 5.32 Å². The van der Waals surface area contributed by atoms with Crippen LogP contribution in [0.1, 0.15) is 56.7 Å². The minimum atomic E-state index is 0.579. The number of nitrogens with zero attached hydrogens (tertiary/aromatic N) is 2. The summed E-state index contributed by atoms with van der Waals surface area (Å²) < 4.78 is 0. The van der Waals surface area contributed by atoms with Crippen LogP contribution in [0.25, 0.3) is 0 Å². The van der Waals surface area contributed by atoms with Crippen LogP contribution < -0.4 is 5.32 Å². The zero-order valence-corrected chi connectivity index (χ0v) is 13.1. The van der Waals surface area contributed by atoms with Crippen molar-refractivity contribution in [2.45, 2.75) is 65.1 Å². The zero-order valence-electron chi connectivity index (χ0n) is 12.3. The molecule has 4 heteroatoms. The lowest BCUT2D eigenvalue weighted by molar-refractivity contribution is 0.276. The molecule has 0 spiro atoms. The molecule has 108 valence electrons. The van der Waals surface area contributed by atoms with Crippen molar-refractivity contribution >= 4 is 11.3 Å². The quantitative estimate of drug-likeness (QED) is 0.866. The Morgan fingerprint density at radius 2 is 2.05 bits per heavy atom. The van der Waals surface area contributed by atoms with Gasteiger partial charge in [-0.2, -0.15) is 0 Å². The van der Waals surface area contributed by atoms with Gasteiger partial charge in [-0.1, -0.05) is 19.8 Å². The standard InChI is InChI=1S/C15H27N3S/c1-3-13(2)16-10-14-12-19-15(17-14)11-18-8-6-4-5-7-9-18/h12-13,16H,3-11H2,1-2H3. The van der Waals surface area contributed by atoms with Gasteiger partial charge in [0.2, 0.25) is 0 Å². The Bertz CT molecular complexity index is 356. The first-order valence-corrected chi connectivity index (χ1v) is 8.55. The number of nitrogens with one attached hydrogen (secondary N) is 1. The lowest BCUT2D eigenvalue weighted by Gasteiger charge is -2.17. The van der Waals surface area contributed by atoms with Crippen molar-refractivity contribution in [3.05, 3.63) is 16.1 Å². The lowest BCUT2D eigenvalue weighted by atomic mass is 10.2. The van der Waals surface area contributed by atoms with Gasteiger partial charge in [-0.3, -0.25) is 4.90 Å². The summed E-state index contributed by atoms with van der Waals surface area (Å²) in [4.78, 5) is 7.32. The van der Waals surface area contributed by atoms with E-state index in [1.54, 1.807) is 0 Å². The summed E-state index contributed by atoms with van der Waals surface area (Å²) in [5, 5.41) is 7.00. The molecule has 1 unspecified atom stereocenters. The maximum atomic E-state index is 4.76. The summed E-state index contributed by atoms with van der Waals surface area (Å²) in [5.74, 6) is 0. The number of rotatable bonds is 6. The predicted molar refractivity (Wildman–Crippen MR) is 82.5 cm³/mol. The van der Waals surface area contributed by atoms with Gasteiger partial charge in [0.1, 0.15) is 5.01 Å². The number of likely N-dealkylation sites (tertiary alicyclic amines) is 1. The van der Waals surface area contributed by atoms with Crippen LogP contribution in [-0.2, 0) is 13.1 Å². The van der Waals surface area contributed by atoms with Crippen molar-refractivity contribution in [1.29, 1.82) is 0 Å². The van der Waals surface area contributed by atoms with E-state index in [-0.39, 0.29) is 0 Å². The molecule has 2 heterocycles. The maximum Gasteiger partial charge on any atom is 0.107 e. The Labute approximate surface area is 121 Å². The third-order valence-electron chi connectivity index (χ3n) is 3.90. The van der Waals surface area contributed by atoms with E-state index in [0.717, 1.165) is 13.1 Å². The van der Waals surface area contributed by atoms with Crippen LogP contribution in [0, 0.1) is 0 Å². The van der Waals surface area contributed by atoms with E-state index in [1.807, 2.05) is 11.3 Å². The maximum absolute atomic E-state index is 4.76. The van der Waals surface area contributed by atoms with Gasteiger partial charge in [0.15, 0.2) is 0 Å². The molecule has 0 aliphatic carbocycles. The van der Waals surface area contributed by atoms with Crippen LogP contribution in [0.2, 0.25) is 0 Å². The fourth-order valence-electron chi connectivity index (χ4n) is 2.41. The Kier molecular flexibility index (Phi) is 6.28. The number of thiazole rings is 1. The van der Waals surface area contributed by atoms with Gasteiger partial charge in [-0.25, -0.2) is 4.98 Å². The van der Waals surface area contributed by atoms with Gasteiger partial charge in [0, 0.05) is 18.0 Å². The molecule has 2 rings (SSSR count). The van der Waals surface area contributed by atoms with Crippen molar-refractivity contribution < 1.29 is 0 Å². The molecule has 1 aromatic rings. The van der Waals surface area contributed by atoms with Crippen molar-refractivity contribution in [3.63, 3.8) is 0 Å². The summed E-state index contributed by atoms with van der Waals surface area (Å²) in [6.45, 7) is 8.90. The molecule has 0 aromatic carbocycles. The van der Waals surface area contributed by atoms with Gasteiger partial charge in [0.05, 0.1) is 12.2 Å². The van der Waals surface area contributed by atoms with E-state index in [9.17, 15) is 0 Å². The highest BCUT2D eigenvalue weighted by Crippen LogP contribution is 2.16. The first-order chi connectivity index (χ1) is 9.28. The first-order valence-electron chi connectivity index (χ1n) is 7.67. The normalized spacial score (nSPS) is 19.3. The summed E-state index contributed by atoms with van der Waals surface area (Å²) in [6.07, 6.45) is 6.68. The Balaban J connectivity index is 1.79. The second-order valence-corrected chi connectivity index (χ2v) is 6.56. The molecule has 0 bridgehead atoms. The van der Waals surface area contributed by atoms with Crippen molar-refractivity contribution in [3.8, 4) is 0 Å². The molecule has 1 N–H and O–H groups in total. The van der Waals surface area contributed by atoms with Crippen molar-refractivity contribution in [2.75, 3.05) is 13.1 Å². The molecular weight excluding hydrogens is 254 g/mol. The second-order valence-electron chi connectivity index (χ2n) is 5.61. The molecule has 0 radical (unpaired) electrons. The third-order valence-corrected chi connectivity index (χ3v) is 4.78. The van der Waals surface area contributed by atoms with E-state index in [2.05, 4.69) is 29.4 Å². The monoisotopic (exact) mass is 281 g/mol. The molecule has 1 aliphatic heterocycles. The summed E-state index contributed by atoms with van der Waals surface area (Å²) in [6, 6.07) is 0.579. The molecule has 1 saturated heterocycles. The van der Waals surface area contributed by atoms with Crippen LogP contribution in [0.5, 0.6) is 0 Å². The largest absolute Gasteiger partial charge is 0.309 e. The number of hydrogen-bond donors (Lipinski definition) is 1. The van der Waals surface area contributed by atoms with Crippen LogP contribution >= 0.6 is 11.3 Å². The molecular formula is C15H27N3S. The molecule has 19 heavy (non-hydrogen) atoms. The third kappa shape index (κ3) is 5.21. The highest BCUT2D eigenvalue weighted by atomic mass is 32.1. The summed E-state index contributed by atoms with van der Waals surface area (Å²) in [7, 11) is 0. The minimum absolute atomic E-state index is 0.579. The topological polar surface area (TPSA) is 28.2 Å². The van der Waals surface area contributed by atoms with Gasteiger partial charge in [-0.05, 0) is 39.3 Å². The highest BCUT2D eigenvalue weighted by molar-refractivity contribution is 7.09. The smallest absolute Gasteiger partial charge is 0.107 e. The van der Waals surface area contributed by atoms with Crippen LogP contribution in [0.4, 0.5) is 0 Å². The van der Waals surface area contributed by atoms with E-state index in [1.165, 1.54) is 55.9 Å². The van der Waals surface area contributed by atoms with Crippen molar-refractivity contribution in [1.82, 2.24) is 15.2 Å². The fraction of sp³-hybridized carbons (Fsp3) is 0.800. The average Bonchev–Trinajstić information content (AvgIpc) is 2.70. The summed E-state index contributed by atoms with van der Waals surface area (Å²) in [5.41, 5.74) is 1.20. The Morgan fingerprint density at radius 1 is 1.32 bits per heavy atom. The SMILES string of the molecule is CCC(C)NCc1csc(CN2CCCCCC2)n1. The predicted octanol–water partition coefficient (Wildman–Crippen LogP) is 3.41. The number of aromatic nitrogens is 1. The highest BCUT2D eigenvalue weighted by Gasteiger charge is 2.11. The Morgan fingerprint density at radius 3 is 2.74 bits per heavy atom. The molecule has 1 fully saturated rings. The van der Waals surface area contributed by atoms with E-state index >= 15 is 0 Å². The van der Waals surface area contributed by atoms with E-state index < -0.39 is 0 Å². The zero-order chi connectivity index (χ0) is 13.5. The molecule has 0 saturated carbocycles. The molecule has 1 atom stereocenters. The summed E-state index contributed by atoms with van der Waals surface area (Å²) >= 11 is 1.82.